The highest BCUT2D eigenvalue weighted by Crippen LogP contribution is 2.24. The molecule has 2 atom stereocenters. The first kappa shape index (κ1) is 9.55. The second-order valence-electron chi connectivity index (χ2n) is 3.28. The Morgan fingerprint density at radius 1 is 1.67 bits per heavy atom. The third kappa shape index (κ3) is 1.62. The van der Waals surface area contributed by atoms with Crippen molar-refractivity contribution in [3.05, 3.63) is 11.6 Å². The van der Waals surface area contributed by atoms with Crippen LogP contribution in [0.1, 0.15) is 6.42 Å². The third-order valence-electron chi connectivity index (χ3n) is 2.41. The molecule has 0 aromatic carbocycles. The van der Waals surface area contributed by atoms with Crippen molar-refractivity contribution in [2.75, 3.05) is 19.6 Å². The summed E-state index contributed by atoms with van der Waals surface area (Å²) in [6.07, 6.45) is 3.06. The minimum absolute atomic E-state index is 0. The number of carboxylic acid groups (broad SMARTS) is 1. The maximum absolute atomic E-state index is 10.6. The molecular formula is C8H12ClNO2. The summed E-state index contributed by atoms with van der Waals surface area (Å²) in [6.45, 7) is 2.78. The highest BCUT2D eigenvalue weighted by molar-refractivity contribution is 5.87. The Hall–Kier alpha value is -0.540. The van der Waals surface area contributed by atoms with E-state index in [2.05, 4.69) is 4.90 Å². The number of fused-ring (bicyclic) bond motifs is 2. The fraction of sp³-hybridized carbons (Fsp3) is 0.625. The quantitative estimate of drug-likeness (QED) is 0.662. The number of halogens is 1. The zero-order valence-corrected chi connectivity index (χ0v) is 7.51. The maximum atomic E-state index is 10.6. The lowest BCUT2D eigenvalue weighted by atomic mass is 10.0. The molecule has 12 heavy (non-hydrogen) atoms. The van der Waals surface area contributed by atoms with Gasteiger partial charge in [-0.3, -0.25) is 4.90 Å². The van der Waals surface area contributed by atoms with Gasteiger partial charge in [0.1, 0.15) is 0 Å². The molecule has 2 bridgehead atoms. The topological polar surface area (TPSA) is 40.5 Å². The van der Waals surface area contributed by atoms with Gasteiger partial charge in [-0.2, -0.15) is 0 Å². The molecule has 2 unspecified atom stereocenters. The van der Waals surface area contributed by atoms with E-state index in [0.717, 1.165) is 19.5 Å². The summed E-state index contributed by atoms with van der Waals surface area (Å²) in [7, 11) is 0. The van der Waals surface area contributed by atoms with E-state index in [-0.39, 0.29) is 12.4 Å². The van der Waals surface area contributed by atoms with Gasteiger partial charge in [0.25, 0.3) is 0 Å². The van der Waals surface area contributed by atoms with Gasteiger partial charge in [0.15, 0.2) is 0 Å². The number of hydrogen-bond donors (Lipinski definition) is 1. The van der Waals surface area contributed by atoms with Gasteiger partial charge in [-0.15, -0.1) is 12.4 Å². The van der Waals surface area contributed by atoms with Crippen molar-refractivity contribution in [1.82, 2.24) is 4.90 Å². The van der Waals surface area contributed by atoms with E-state index in [4.69, 9.17) is 5.11 Å². The highest BCUT2D eigenvalue weighted by Gasteiger charge is 2.28. The van der Waals surface area contributed by atoms with Gasteiger partial charge in [-0.05, 0) is 18.9 Å². The predicted octanol–water partition coefficient (Wildman–Crippen LogP) is 0.755. The summed E-state index contributed by atoms with van der Waals surface area (Å²) >= 11 is 0. The van der Waals surface area contributed by atoms with Crippen molar-refractivity contribution in [3.8, 4) is 0 Å². The lowest BCUT2D eigenvalue weighted by Crippen LogP contribution is -2.29. The van der Waals surface area contributed by atoms with Crippen molar-refractivity contribution < 1.29 is 9.90 Å². The zero-order chi connectivity index (χ0) is 7.84. The summed E-state index contributed by atoms with van der Waals surface area (Å²) in [5.74, 6) is -0.239. The minimum atomic E-state index is -0.749. The molecule has 1 N–H and O–H groups in total. The second kappa shape index (κ2) is 3.46. The molecule has 2 heterocycles. The van der Waals surface area contributed by atoms with Crippen LogP contribution in [0.4, 0.5) is 0 Å². The fourth-order valence-corrected chi connectivity index (χ4v) is 1.86. The number of aliphatic carboxylic acids is 1. The van der Waals surface area contributed by atoms with E-state index in [0.29, 0.717) is 18.0 Å². The first-order valence-electron chi connectivity index (χ1n) is 3.92. The molecule has 1 fully saturated rings. The van der Waals surface area contributed by atoms with E-state index >= 15 is 0 Å². The Labute approximate surface area is 77.5 Å². The standard InChI is InChI=1S/C8H11NO2.ClH/c10-8(11)7-3-6-1-2-9(4-6)5-7;/h3,6H,1-2,4-5H2,(H,10,11);1H. The predicted molar refractivity (Wildman–Crippen MR) is 47.5 cm³/mol. The molecule has 68 valence electrons. The van der Waals surface area contributed by atoms with Gasteiger partial charge >= 0.3 is 5.97 Å². The third-order valence-corrected chi connectivity index (χ3v) is 2.41. The Kier molecular flexibility index (Phi) is 2.75. The minimum Gasteiger partial charge on any atom is -0.478 e. The van der Waals surface area contributed by atoms with Crippen LogP contribution < -0.4 is 0 Å². The van der Waals surface area contributed by atoms with Crippen LogP contribution in [0.3, 0.4) is 0 Å². The molecule has 2 rings (SSSR count). The van der Waals surface area contributed by atoms with E-state index in [1.807, 2.05) is 6.08 Å². The Balaban J connectivity index is 0.000000720. The number of nitrogens with zero attached hydrogens (tertiary/aromatic N) is 1. The lowest BCUT2D eigenvalue weighted by molar-refractivity contribution is -0.133. The fourth-order valence-electron chi connectivity index (χ4n) is 1.86. The maximum Gasteiger partial charge on any atom is 0.332 e. The van der Waals surface area contributed by atoms with Crippen molar-refractivity contribution in [2.45, 2.75) is 6.42 Å². The molecule has 0 amide bonds. The monoisotopic (exact) mass is 189 g/mol. The molecule has 3 nitrogen and oxygen atoms in total. The first-order valence-corrected chi connectivity index (χ1v) is 3.92. The lowest BCUT2D eigenvalue weighted by Gasteiger charge is -2.19. The molecule has 4 heteroatoms. The number of hydrogen-bond acceptors (Lipinski definition) is 2. The van der Waals surface area contributed by atoms with E-state index < -0.39 is 5.97 Å². The molecular weight excluding hydrogens is 178 g/mol. The van der Waals surface area contributed by atoms with E-state index in [1.54, 1.807) is 0 Å². The number of carbonyl (C=O) groups is 1. The van der Waals surface area contributed by atoms with Crippen LogP contribution in [0, 0.1) is 5.92 Å². The van der Waals surface area contributed by atoms with Gasteiger partial charge in [0.05, 0.1) is 0 Å². The largest absolute Gasteiger partial charge is 0.478 e. The summed E-state index contributed by atoms with van der Waals surface area (Å²) in [5.41, 5.74) is 0.582. The van der Waals surface area contributed by atoms with Crippen LogP contribution in [0.15, 0.2) is 11.6 Å². The number of rotatable bonds is 1. The second-order valence-corrected chi connectivity index (χ2v) is 3.28. The average Bonchev–Trinajstić information content (AvgIpc) is 2.30. The summed E-state index contributed by atoms with van der Waals surface area (Å²) in [6, 6.07) is 0. The molecule has 0 aliphatic carbocycles. The smallest absolute Gasteiger partial charge is 0.332 e. The molecule has 1 saturated heterocycles. The molecule has 2 aliphatic heterocycles. The summed E-state index contributed by atoms with van der Waals surface area (Å²) in [5, 5.41) is 8.71. The van der Waals surface area contributed by atoms with Gasteiger partial charge in [-0.25, -0.2) is 4.79 Å². The Bertz CT molecular complexity index is 227. The van der Waals surface area contributed by atoms with Crippen LogP contribution in [0.5, 0.6) is 0 Å². The van der Waals surface area contributed by atoms with Gasteiger partial charge in [0.2, 0.25) is 0 Å². The van der Waals surface area contributed by atoms with Gasteiger partial charge in [-0.1, -0.05) is 6.08 Å². The Morgan fingerprint density at radius 2 is 2.42 bits per heavy atom. The molecule has 0 radical (unpaired) electrons. The van der Waals surface area contributed by atoms with Gasteiger partial charge < -0.3 is 5.11 Å². The normalized spacial score (nSPS) is 32.2. The van der Waals surface area contributed by atoms with Crippen LogP contribution in [0.2, 0.25) is 0 Å². The van der Waals surface area contributed by atoms with Crippen molar-refractivity contribution in [2.24, 2.45) is 5.92 Å². The van der Waals surface area contributed by atoms with Crippen molar-refractivity contribution in [3.63, 3.8) is 0 Å². The van der Waals surface area contributed by atoms with Crippen LogP contribution in [-0.4, -0.2) is 35.6 Å². The van der Waals surface area contributed by atoms with Crippen LogP contribution in [0.25, 0.3) is 0 Å². The van der Waals surface area contributed by atoms with E-state index in [9.17, 15) is 4.79 Å². The molecule has 0 aromatic rings. The Morgan fingerprint density at radius 3 is 3.00 bits per heavy atom. The molecule has 2 aliphatic rings. The highest BCUT2D eigenvalue weighted by atomic mass is 35.5. The van der Waals surface area contributed by atoms with Gasteiger partial charge in [0, 0.05) is 18.7 Å². The molecule has 0 aromatic heterocycles. The average molecular weight is 190 g/mol. The number of carboxylic acids is 1. The molecule has 0 spiro atoms. The van der Waals surface area contributed by atoms with E-state index in [1.165, 1.54) is 0 Å². The summed E-state index contributed by atoms with van der Waals surface area (Å²) < 4.78 is 0. The van der Waals surface area contributed by atoms with Crippen molar-refractivity contribution in [1.29, 1.82) is 0 Å². The van der Waals surface area contributed by atoms with Crippen LogP contribution in [-0.2, 0) is 4.79 Å². The molecule has 0 saturated carbocycles. The first-order chi connectivity index (χ1) is 5.25. The SMILES string of the molecule is Cl.O=C(O)C1=CC2CCN(C1)C2. The summed E-state index contributed by atoms with van der Waals surface area (Å²) in [4.78, 5) is 12.8. The zero-order valence-electron chi connectivity index (χ0n) is 6.69. The van der Waals surface area contributed by atoms with Crippen molar-refractivity contribution >= 4 is 18.4 Å². The van der Waals surface area contributed by atoms with Crippen LogP contribution >= 0.6 is 12.4 Å².